The molecule has 0 aliphatic heterocycles. The molecule has 0 spiro atoms. The largest absolute Gasteiger partial charge is 0.374 e. The van der Waals surface area contributed by atoms with Crippen molar-refractivity contribution in [2.75, 3.05) is 19.0 Å². The van der Waals surface area contributed by atoms with Crippen LogP contribution in [0.2, 0.25) is 0 Å². The summed E-state index contributed by atoms with van der Waals surface area (Å²) < 4.78 is 0. The summed E-state index contributed by atoms with van der Waals surface area (Å²) in [5.41, 5.74) is 0.595. The van der Waals surface area contributed by atoms with Crippen molar-refractivity contribution in [1.29, 1.82) is 0 Å². The molecular weight excluding hydrogens is 154 g/mol. The van der Waals surface area contributed by atoms with Crippen LogP contribution in [0.4, 0.5) is 5.69 Å². The highest BCUT2D eigenvalue weighted by Gasteiger charge is 2.23. The van der Waals surface area contributed by atoms with E-state index in [0.29, 0.717) is 11.3 Å². The van der Waals surface area contributed by atoms with Gasteiger partial charge in [0.25, 0.3) is 0 Å². The van der Waals surface area contributed by atoms with Crippen LogP contribution in [0.1, 0.15) is 25.3 Å². The molecule has 0 amide bonds. The minimum absolute atomic E-state index is 0.146. The van der Waals surface area contributed by atoms with Crippen LogP contribution in [0.3, 0.4) is 0 Å². The summed E-state index contributed by atoms with van der Waals surface area (Å²) in [5.74, 6) is 0.146. The summed E-state index contributed by atoms with van der Waals surface area (Å²) in [6.07, 6.45) is 0. The van der Waals surface area contributed by atoms with E-state index < -0.39 is 0 Å². The monoisotopic (exact) mass is 167 g/mol. The van der Waals surface area contributed by atoms with Crippen molar-refractivity contribution in [3.05, 3.63) is 26.0 Å². The molecule has 1 rings (SSSR count). The molecule has 0 heterocycles. The van der Waals surface area contributed by atoms with Gasteiger partial charge in [-0.1, -0.05) is 13.8 Å². The first kappa shape index (κ1) is 8.97. The molecule has 3 nitrogen and oxygen atoms in total. The molecular formula is C9H13NO2. The molecule has 0 radical (unpaired) electrons. The zero-order chi connectivity index (χ0) is 9.46. The predicted octanol–water partition coefficient (Wildman–Crippen LogP) is 0.472. The topological polar surface area (TPSA) is 37.4 Å². The predicted molar refractivity (Wildman–Crippen MR) is 49.8 cm³/mol. The van der Waals surface area contributed by atoms with Crippen LogP contribution in [0, 0.1) is 0 Å². The average molecular weight is 167 g/mol. The highest BCUT2D eigenvalue weighted by Crippen LogP contribution is 2.20. The lowest BCUT2D eigenvalue weighted by atomic mass is 9.95. The molecule has 0 saturated carbocycles. The van der Waals surface area contributed by atoms with E-state index in [2.05, 4.69) is 0 Å². The standard InChI is InChI=1S/C9H13NO2/c1-5(2)6-7(10(3)4)9(12)8(6)11/h5H,1-4H3. The van der Waals surface area contributed by atoms with Gasteiger partial charge < -0.3 is 4.90 Å². The summed E-state index contributed by atoms with van der Waals surface area (Å²) in [6, 6.07) is 0. The minimum Gasteiger partial charge on any atom is -0.374 e. The van der Waals surface area contributed by atoms with Crippen LogP contribution in [0.25, 0.3) is 0 Å². The first-order valence-electron chi connectivity index (χ1n) is 3.97. The Morgan fingerprint density at radius 3 is 1.83 bits per heavy atom. The molecule has 3 heteroatoms. The summed E-state index contributed by atoms with van der Waals surface area (Å²) in [4.78, 5) is 23.9. The zero-order valence-corrected chi connectivity index (χ0v) is 7.84. The fourth-order valence-electron chi connectivity index (χ4n) is 1.38. The van der Waals surface area contributed by atoms with Crippen LogP contribution < -0.4 is 15.8 Å². The smallest absolute Gasteiger partial charge is 0.249 e. The molecule has 66 valence electrons. The molecule has 0 aliphatic carbocycles. The lowest BCUT2D eigenvalue weighted by Crippen LogP contribution is -2.41. The van der Waals surface area contributed by atoms with Crippen molar-refractivity contribution < 1.29 is 0 Å². The first-order chi connectivity index (χ1) is 5.46. The van der Waals surface area contributed by atoms with Crippen molar-refractivity contribution in [3.8, 4) is 0 Å². The molecule has 0 atom stereocenters. The summed E-state index contributed by atoms with van der Waals surface area (Å²) in [7, 11) is 3.56. The Bertz CT molecular complexity index is 321. The van der Waals surface area contributed by atoms with Gasteiger partial charge in [-0.2, -0.15) is 0 Å². The molecule has 0 bridgehead atoms. The van der Waals surface area contributed by atoms with E-state index >= 15 is 0 Å². The first-order valence-corrected chi connectivity index (χ1v) is 3.97. The normalized spacial score (nSPS) is 11.1. The Labute approximate surface area is 71.3 Å². The molecule has 0 unspecified atom stereocenters. The number of nitrogens with zero attached hydrogens (tertiary/aromatic N) is 1. The van der Waals surface area contributed by atoms with Crippen LogP contribution in [-0.2, 0) is 0 Å². The number of rotatable bonds is 2. The van der Waals surface area contributed by atoms with Gasteiger partial charge in [-0.25, -0.2) is 0 Å². The van der Waals surface area contributed by atoms with Crippen molar-refractivity contribution in [2.45, 2.75) is 19.8 Å². The van der Waals surface area contributed by atoms with Gasteiger partial charge >= 0.3 is 0 Å². The lowest BCUT2D eigenvalue weighted by Gasteiger charge is -2.20. The molecule has 0 aromatic heterocycles. The molecule has 0 N–H and O–H groups in total. The fraction of sp³-hybridized carbons (Fsp3) is 0.556. The van der Waals surface area contributed by atoms with Gasteiger partial charge in [-0.3, -0.25) is 9.59 Å². The van der Waals surface area contributed by atoms with Crippen molar-refractivity contribution >= 4 is 5.69 Å². The zero-order valence-electron chi connectivity index (χ0n) is 7.84. The van der Waals surface area contributed by atoms with E-state index in [1.165, 1.54) is 0 Å². The summed E-state index contributed by atoms with van der Waals surface area (Å²) in [5, 5.41) is 0. The Morgan fingerprint density at radius 1 is 1.08 bits per heavy atom. The van der Waals surface area contributed by atoms with E-state index in [1.54, 1.807) is 19.0 Å². The fourth-order valence-corrected chi connectivity index (χ4v) is 1.38. The SMILES string of the molecule is CC(C)c1c(N(C)C)c(=O)c1=O. The van der Waals surface area contributed by atoms with Gasteiger partial charge in [-0.05, 0) is 5.92 Å². The Balaban J connectivity index is 3.23. The van der Waals surface area contributed by atoms with Crippen molar-refractivity contribution in [3.63, 3.8) is 0 Å². The van der Waals surface area contributed by atoms with Crippen molar-refractivity contribution in [2.24, 2.45) is 0 Å². The Hall–Kier alpha value is -1.12. The summed E-state index contributed by atoms with van der Waals surface area (Å²) in [6.45, 7) is 3.84. The van der Waals surface area contributed by atoms with Gasteiger partial charge in [0.2, 0.25) is 10.9 Å². The van der Waals surface area contributed by atoms with E-state index in [4.69, 9.17) is 0 Å². The van der Waals surface area contributed by atoms with Crippen LogP contribution in [0.15, 0.2) is 9.59 Å². The average Bonchev–Trinajstić information content (AvgIpc) is 1.96. The second kappa shape index (κ2) is 2.73. The molecule has 12 heavy (non-hydrogen) atoms. The maximum atomic E-state index is 11.1. The van der Waals surface area contributed by atoms with E-state index in [1.807, 2.05) is 13.8 Å². The van der Waals surface area contributed by atoms with E-state index in [9.17, 15) is 9.59 Å². The second-order valence-electron chi connectivity index (χ2n) is 3.47. The number of anilines is 1. The van der Waals surface area contributed by atoms with Crippen LogP contribution in [0.5, 0.6) is 0 Å². The Kier molecular flexibility index (Phi) is 2.04. The highest BCUT2D eigenvalue weighted by atomic mass is 16.2. The second-order valence-corrected chi connectivity index (χ2v) is 3.47. The maximum absolute atomic E-state index is 11.1. The molecule has 0 saturated heterocycles. The van der Waals surface area contributed by atoms with Crippen molar-refractivity contribution in [1.82, 2.24) is 0 Å². The maximum Gasteiger partial charge on any atom is 0.249 e. The third kappa shape index (κ3) is 1.05. The van der Waals surface area contributed by atoms with Crippen LogP contribution >= 0.6 is 0 Å². The van der Waals surface area contributed by atoms with Gasteiger partial charge in [0.1, 0.15) is 0 Å². The number of hydrogen-bond acceptors (Lipinski definition) is 3. The third-order valence-corrected chi connectivity index (χ3v) is 1.95. The van der Waals surface area contributed by atoms with Gasteiger partial charge in [-0.15, -0.1) is 0 Å². The number of hydrogen-bond donors (Lipinski definition) is 0. The third-order valence-electron chi connectivity index (χ3n) is 1.95. The highest BCUT2D eigenvalue weighted by molar-refractivity contribution is 5.58. The minimum atomic E-state index is -0.344. The van der Waals surface area contributed by atoms with Gasteiger partial charge in [0.05, 0.1) is 5.69 Å². The molecule has 0 aliphatic rings. The quantitative estimate of drug-likeness (QED) is 0.601. The summed E-state index contributed by atoms with van der Waals surface area (Å²) >= 11 is 0. The molecule has 1 aromatic rings. The van der Waals surface area contributed by atoms with Crippen LogP contribution in [-0.4, -0.2) is 14.1 Å². The van der Waals surface area contributed by atoms with E-state index in [-0.39, 0.29) is 16.8 Å². The van der Waals surface area contributed by atoms with E-state index in [0.717, 1.165) is 0 Å². The lowest BCUT2D eigenvalue weighted by molar-refractivity contribution is 0.830. The van der Waals surface area contributed by atoms with Gasteiger partial charge in [0, 0.05) is 19.7 Å². The van der Waals surface area contributed by atoms with Gasteiger partial charge in [0.15, 0.2) is 0 Å². The Morgan fingerprint density at radius 2 is 1.58 bits per heavy atom. The molecule has 0 fully saturated rings. The molecule has 1 aromatic carbocycles.